The van der Waals surface area contributed by atoms with Crippen LogP contribution >= 0.6 is 0 Å². The molecule has 102 valence electrons. The summed E-state index contributed by atoms with van der Waals surface area (Å²) in [6.45, 7) is 15.6. The Balaban J connectivity index is 2.30. The van der Waals surface area contributed by atoms with Crippen LogP contribution in [0, 0.1) is 5.41 Å². The van der Waals surface area contributed by atoms with Crippen LogP contribution < -0.4 is 5.32 Å². The highest BCUT2D eigenvalue weighted by molar-refractivity contribution is 4.79. The van der Waals surface area contributed by atoms with Crippen molar-refractivity contribution >= 4 is 0 Å². The Morgan fingerprint density at radius 1 is 1.35 bits per heavy atom. The summed E-state index contributed by atoms with van der Waals surface area (Å²) in [5, 5.41) is 3.53. The molecule has 0 spiro atoms. The lowest BCUT2D eigenvalue weighted by Crippen LogP contribution is -2.48. The molecule has 1 fully saturated rings. The predicted octanol–water partition coefficient (Wildman–Crippen LogP) is 2.12. The summed E-state index contributed by atoms with van der Waals surface area (Å²) in [7, 11) is 0. The lowest BCUT2D eigenvalue weighted by molar-refractivity contribution is -0.0394. The third-order valence-corrected chi connectivity index (χ3v) is 3.36. The number of hydrogen-bond donors (Lipinski definition) is 1. The summed E-state index contributed by atoms with van der Waals surface area (Å²) < 4.78 is 5.71. The van der Waals surface area contributed by atoms with Gasteiger partial charge in [0.1, 0.15) is 0 Å². The molecule has 0 bridgehead atoms. The lowest BCUT2D eigenvalue weighted by atomic mass is 9.92. The summed E-state index contributed by atoms with van der Waals surface area (Å²) in [5.41, 5.74) is 0.352. The van der Waals surface area contributed by atoms with E-state index in [-0.39, 0.29) is 0 Å². The predicted molar refractivity (Wildman–Crippen MR) is 73.4 cm³/mol. The number of morpholine rings is 1. The summed E-state index contributed by atoms with van der Waals surface area (Å²) in [4.78, 5) is 2.56. The second kappa shape index (κ2) is 7.34. The highest BCUT2D eigenvalue weighted by Crippen LogP contribution is 2.18. The molecule has 1 aliphatic rings. The molecule has 1 unspecified atom stereocenters. The molecule has 0 amide bonds. The second-order valence-corrected chi connectivity index (χ2v) is 5.98. The van der Waals surface area contributed by atoms with Gasteiger partial charge in [0.25, 0.3) is 0 Å². The minimum absolute atomic E-state index is 0.352. The van der Waals surface area contributed by atoms with Crippen molar-refractivity contribution < 1.29 is 4.74 Å². The zero-order valence-electron chi connectivity index (χ0n) is 12.1. The maximum Gasteiger partial charge on any atom is 0.0700 e. The lowest BCUT2D eigenvalue weighted by Gasteiger charge is -2.38. The van der Waals surface area contributed by atoms with Gasteiger partial charge in [-0.15, -0.1) is 0 Å². The first-order chi connectivity index (χ1) is 8.07. The van der Waals surface area contributed by atoms with Gasteiger partial charge in [-0.1, -0.05) is 27.7 Å². The quantitative estimate of drug-likeness (QED) is 0.692. The van der Waals surface area contributed by atoms with E-state index in [1.54, 1.807) is 0 Å². The highest BCUT2D eigenvalue weighted by atomic mass is 16.5. The summed E-state index contributed by atoms with van der Waals surface area (Å²) in [5.74, 6) is 0. The van der Waals surface area contributed by atoms with Gasteiger partial charge in [0.15, 0.2) is 0 Å². The number of nitrogens with zero attached hydrogens (tertiary/aromatic N) is 1. The van der Waals surface area contributed by atoms with Crippen molar-refractivity contribution in [2.45, 2.75) is 46.6 Å². The van der Waals surface area contributed by atoms with Gasteiger partial charge in [0, 0.05) is 26.2 Å². The van der Waals surface area contributed by atoms with Gasteiger partial charge in [0.2, 0.25) is 0 Å². The number of ether oxygens (including phenoxy) is 1. The first-order valence-electron chi connectivity index (χ1n) is 7.12. The number of nitrogens with one attached hydrogen (secondary N) is 1. The van der Waals surface area contributed by atoms with Crippen LogP contribution in [0.4, 0.5) is 0 Å². The molecular weight excluding hydrogens is 212 g/mol. The Morgan fingerprint density at radius 2 is 2.12 bits per heavy atom. The second-order valence-electron chi connectivity index (χ2n) is 5.98. The molecule has 3 nitrogen and oxygen atoms in total. The molecule has 1 N–H and O–H groups in total. The fraction of sp³-hybridized carbons (Fsp3) is 1.00. The first-order valence-corrected chi connectivity index (χ1v) is 7.12. The first kappa shape index (κ1) is 14.9. The molecule has 0 aromatic carbocycles. The molecule has 3 heteroatoms. The zero-order valence-corrected chi connectivity index (χ0v) is 12.1. The van der Waals surface area contributed by atoms with Gasteiger partial charge in [-0.3, -0.25) is 4.90 Å². The average Bonchev–Trinajstić information content (AvgIpc) is 2.29. The van der Waals surface area contributed by atoms with Gasteiger partial charge in [-0.2, -0.15) is 0 Å². The molecule has 0 radical (unpaired) electrons. The largest absolute Gasteiger partial charge is 0.376 e. The van der Waals surface area contributed by atoms with Crippen LogP contribution in [0.2, 0.25) is 0 Å². The van der Waals surface area contributed by atoms with Crippen LogP contribution in [0.15, 0.2) is 0 Å². The van der Waals surface area contributed by atoms with Gasteiger partial charge in [0.05, 0.1) is 12.7 Å². The van der Waals surface area contributed by atoms with E-state index in [0.717, 1.165) is 39.2 Å². The van der Waals surface area contributed by atoms with Crippen LogP contribution in [0.3, 0.4) is 0 Å². The Bertz CT molecular complexity index is 206. The van der Waals surface area contributed by atoms with E-state index < -0.39 is 0 Å². The van der Waals surface area contributed by atoms with E-state index in [1.165, 1.54) is 13.0 Å². The molecule has 0 aromatic heterocycles. The number of rotatable bonds is 7. The average molecular weight is 242 g/mol. The van der Waals surface area contributed by atoms with Crippen molar-refractivity contribution in [1.82, 2.24) is 10.2 Å². The van der Waals surface area contributed by atoms with Crippen molar-refractivity contribution in [2.24, 2.45) is 5.41 Å². The Hall–Kier alpha value is -0.120. The minimum Gasteiger partial charge on any atom is -0.376 e. The summed E-state index contributed by atoms with van der Waals surface area (Å²) in [6, 6.07) is 0. The monoisotopic (exact) mass is 242 g/mol. The van der Waals surface area contributed by atoms with Crippen LogP contribution in [0.1, 0.15) is 40.5 Å². The maximum atomic E-state index is 5.71. The maximum absolute atomic E-state index is 5.71. The van der Waals surface area contributed by atoms with Crippen molar-refractivity contribution in [3.05, 3.63) is 0 Å². The highest BCUT2D eigenvalue weighted by Gasteiger charge is 2.25. The third-order valence-electron chi connectivity index (χ3n) is 3.36. The van der Waals surface area contributed by atoms with Crippen molar-refractivity contribution in [3.63, 3.8) is 0 Å². The molecule has 0 aliphatic carbocycles. The van der Waals surface area contributed by atoms with Crippen LogP contribution in [0.25, 0.3) is 0 Å². The molecule has 17 heavy (non-hydrogen) atoms. The van der Waals surface area contributed by atoms with E-state index in [2.05, 4.69) is 37.9 Å². The van der Waals surface area contributed by atoms with Crippen molar-refractivity contribution in [2.75, 3.05) is 39.3 Å². The fourth-order valence-corrected chi connectivity index (χ4v) is 2.44. The minimum atomic E-state index is 0.352. The van der Waals surface area contributed by atoms with Gasteiger partial charge in [-0.05, 0) is 24.8 Å². The standard InChI is InChI=1S/C14H30N2O/c1-5-7-15-11-14(3,4)12-16-8-9-17-13(6-2)10-16/h13,15H,5-12H2,1-4H3. The molecule has 0 aromatic rings. The summed E-state index contributed by atoms with van der Waals surface area (Å²) in [6.07, 6.45) is 2.79. The van der Waals surface area contributed by atoms with Crippen LogP contribution in [-0.4, -0.2) is 50.3 Å². The Kier molecular flexibility index (Phi) is 6.45. The van der Waals surface area contributed by atoms with E-state index in [9.17, 15) is 0 Å². The van der Waals surface area contributed by atoms with E-state index in [4.69, 9.17) is 4.74 Å². The Labute approximate surface area is 107 Å². The van der Waals surface area contributed by atoms with E-state index in [1.807, 2.05) is 0 Å². The van der Waals surface area contributed by atoms with E-state index in [0.29, 0.717) is 11.5 Å². The number of hydrogen-bond acceptors (Lipinski definition) is 3. The molecule has 1 saturated heterocycles. The summed E-state index contributed by atoms with van der Waals surface area (Å²) >= 11 is 0. The molecule has 1 atom stereocenters. The van der Waals surface area contributed by atoms with E-state index >= 15 is 0 Å². The van der Waals surface area contributed by atoms with Crippen LogP contribution in [-0.2, 0) is 4.74 Å². The third kappa shape index (κ3) is 5.84. The molecule has 0 saturated carbocycles. The smallest absolute Gasteiger partial charge is 0.0700 e. The Morgan fingerprint density at radius 3 is 2.76 bits per heavy atom. The molecular formula is C14H30N2O. The zero-order chi connectivity index (χ0) is 12.7. The normalized spacial score (nSPS) is 22.9. The topological polar surface area (TPSA) is 24.5 Å². The van der Waals surface area contributed by atoms with Crippen LogP contribution in [0.5, 0.6) is 0 Å². The molecule has 1 aliphatic heterocycles. The molecule has 1 heterocycles. The fourth-order valence-electron chi connectivity index (χ4n) is 2.44. The van der Waals surface area contributed by atoms with Gasteiger partial charge in [-0.25, -0.2) is 0 Å². The van der Waals surface area contributed by atoms with Gasteiger partial charge >= 0.3 is 0 Å². The van der Waals surface area contributed by atoms with Gasteiger partial charge < -0.3 is 10.1 Å². The van der Waals surface area contributed by atoms with Crippen molar-refractivity contribution in [1.29, 1.82) is 0 Å². The van der Waals surface area contributed by atoms with Crippen molar-refractivity contribution in [3.8, 4) is 0 Å². The SMILES string of the molecule is CCCNCC(C)(C)CN1CCOC(CC)C1. The molecule has 1 rings (SSSR count).